The predicted octanol–water partition coefficient (Wildman–Crippen LogP) is 4.32. The largest absolute Gasteiger partial charge is 0.363 e. The summed E-state index contributed by atoms with van der Waals surface area (Å²) in [5.74, 6) is 1.64. The fraction of sp³-hybridized carbons (Fsp3) is 0.125. The molecule has 6 aromatic rings. The van der Waals surface area contributed by atoms with Crippen molar-refractivity contribution in [1.29, 1.82) is 0 Å². The quantitative estimate of drug-likeness (QED) is 0.382. The van der Waals surface area contributed by atoms with Gasteiger partial charge in [-0.25, -0.2) is 24.9 Å². The Morgan fingerprint density at radius 2 is 1.94 bits per heavy atom. The zero-order valence-corrected chi connectivity index (χ0v) is 19.5. The summed E-state index contributed by atoms with van der Waals surface area (Å²) in [5, 5.41) is 8.78. The minimum absolute atomic E-state index is 0.224. The molecule has 0 saturated heterocycles. The molecule has 10 nitrogen and oxygen atoms in total. The van der Waals surface area contributed by atoms with E-state index in [1.807, 2.05) is 38.1 Å². The van der Waals surface area contributed by atoms with Crippen molar-refractivity contribution in [3.05, 3.63) is 82.7 Å². The van der Waals surface area contributed by atoms with Gasteiger partial charge in [-0.15, -0.1) is 11.3 Å². The van der Waals surface area contributed by atoms with Crippen LogP contribution in [0.2, 0.25) is 0 Å². The summed E-state index contributed by atoms with van der Waals surface area (Å²) in [6.45, 7) is 3.78. The van der Waals surface area contributed by atoms with Gasteiger partial charge in [0.15, 0.2) is 11.6 Å². The van der Waals surface area contributed by atoms with E-state index in [2.05, 4.69) is 35.4 Å². The Morgan fingerprint density at radius 3 is 2.74 bits per heavy atom. The summed E-state index contributed by atoms with van der Waals surface area (Å²) in [5.41, 5.74) is 4.38. The average Bonchev–Trinajstić information content (AvgIpc) is 3.57. The van der Waals surface area contributed by atoms with Crippen molar-refractivity contribution in [2.45, 2.75) is 19.9 Å². The maximum atomic E-state index is 14.0. The molecule has 0 bridgehead atoms. The Hall–Kier alpha value is -4.51. The zero-order chi connectivity index (χ0) is 23.9. The van der Waals surface area contributed by atoms with E-state index in [-0.39, 0.29) is 11.6 Å². The van der Waals surface area contributed by atoms with Gasteiger partial charge >= 0.3 is 0 Å². The van der Waals surface area contributed by atoms with E-state index >= 15 is 0 Å². The van der Waals surface area contributed by atoms with E-state index in [0.717, 1.165) is 21.3 Å². The number of thiazole rings is 1. The van der Waals surface area contributed by atoms with Crippen LogP contribution in [-0.2, 0) is 0 Å². The summed E-state index contributed by atoms with van der Waals surface area (Å²) in [6.07, 6.45) is 6.39. The number of hydrogen-bond donors (Lipinski definition) is 1. The second-order valence-electron chi connectivity index (χ2n) is 7.95. The Kier molecular flexibility index (Phi) is 5.03. The van der Waals surface area contributed by atoms with E-state index in [9.17, 15) is 4.79 Å². The fourth-order valence-corrected chi connectivity index (χ4v) is 4.74. The molecule has 0 radical (unpaired) electrons. The topological polar surface area (TPSA) is 125 Å². The van der Waals surface area contributed by atoms with Crippen molar-refractivity contribution in [1.82, 2.24) is 34.6 Å². The number of aromatic nitrogens is 7. The summed E-state index contributed by atoms with van der Waals surface area (Å²) >= 11 is 1.44. The van der Waals surface area contributed by atoms with Crippen LogP contribution in [0.15, 0.2) is 70.1 Å². The number of anilines is 1. The highest BCUT2D eigenvalue weighted by Crippen LogP contribution is 2.30. The third-order valence-electron chi connectivity index (χ3n) is 5.75. The Labute approximate surface area is 202 Å². The lowest BCUT2D eigenvalue weighted by molar-refractivity contribution is 0.415. The lowest BCUT2D eigenvalue weighted by Crippen LogP contribution is -2.26. The minimum Gasteiger partial charge on any atom is -0.363 e. The highest BCUT2D eigenvalue weighted by molar-refractivity contribution is 7.16. The van der Waals surface area contributed by atoms with Crippen molar-refractivity contribution in [2.75, 3.05) is 5.32 Å². The molecule has 1 atom stereocenters. The lowest BCUT2D eigenvalue weighted by Gasteiger charge is -2.20. The molecule has 1 N–H and O–H groups in total. The van der Waals surface area contributed by atoms with Gasteiger partial charge in [-0.2, -0.15) is 0 Å². The van der Waals surface area contributed by atoms with Gasteiger partial charge in [0.05, 0.1) is 22.6 Å². The average molecular weight is 483 g/mol. The van der Waals surface area contributed by atoms with Gasteiger partial charge in [0.1, 0.15) is 28.8 Å². The first-order valence-electron chi connectivity index (χ1n) is 10.8. The summed E-state index contributed by atoms with van der Waals surface area (Å²) in [6, 6.07) is 9.04. The number of nitrogens with one attached hydrogen (secondary N) is 1. The van der Waals surface area contributed by atoms with Gasteiger partial charge in [0.2, 0.25) is 0 Å². The van der Waals surface area contributed by atoms with Gasteiger partial charge in [0.25, 0.3) is 5.56 Å². The van der Waals surface area contributed by atoms with Gasteiger partial charge < -0.3 is 9.84 Å². The van der Waals surface area contributed by atoms with Crippen LogP contribution in [0.4, 0.5) is 5.82 Å². The smallest absolute Gasteiger partial charge is 0.265 e. The SMILES string of the molecule is Cc1ncc(-c2cccc3cc(C(C)Nc4ncnc5scnc45)n(-c4ccon4)c(=O)c23)cn1. The Balaban J connectivity index is 1.55. The van der Waals surface area contributed by atoms with Gasteiger partial charge in [-0.3, -0.25) is 9.36 Å². The number of benzene rings is 1. The van der Waals surface area contributed by atoms with E-state index < -0.39 is 0 Å². The first-order chi connectivity index (χ1) is 17.1. The van der Waals surface area contributed by atoms with Crippen molar-refractivity contribution in [3.8, 4) is 16.9 Å². The van der Waals surface area contributed by atoms with Crippen molar-refractivity contribution in [3.63, 3.8) is 0 Å². The van der Waals surface area contributed by atoms with Crippen LogP contribution >= 0.6 is 11.3 Å². The zero-order valence-electron chi connectivity index (χ0n) is 18.7. The number of pyridine rings is 1. The van der Waals surface area contributed by atoms with Gasteiger partial charge in [-0.1, -0.05) is 23.4 Å². The first-order valence-corrected chi connectivity index (χ1v) is 11.7. The molecule has 0 amide bonds. The molecule has 0 saturated carbocycles. The summed E-state index contributed by atoms with van der Waals surface area (Å²) < 4.78 is 6.64. The predicted molar refractivity (Wildman–Crippen MR) is 133 cm³/mol. The molecule has 0 aliphatic carbocycles. The molecule has 0 spiro atoms. The van der Waals surface area contributed by atoms with Crippen LogP contribution in [0.3, 0.4) is 0 Å². The second kappa shape index (κ2) is 8.37. The number of aryl methyl sites for hydroxylation is 1. The summed E-state index contributed by atoms with van der Waals surface area (Å²) in [4.78, 5) is 36.4. The Morgan fingerprint density at radius 1 is 1.09 bits per heavy atom. The highest BCUT2D eigenvalue weighted by Gasteiger charge is 2.21. The first kappa shape index (κ1) is 21.1. The second-order valence-corrected chi connectivity index (χ2v) is 8.78. The van der Waals surface area contributed by atoms with Crippen LogP contribution in [0.25, 0.3) is 38.1 Å². The molecule has 1 unspecified atom stereocenters. The number of nitrogens with zero attached hydrogens (tertiary/aromatic N) is 7. The van der Waals surface area contributed by atoms with E-state index in [4.69, 9.17) is 4.52 Å². The molecule has 1 aromatic carbocycles. The normalized spacial score (nSPS) is 12.3. The van der Waals surface area contributed by atoms with E-state index in [1.165, 1.54) is 23.9 Å². The highest BCUT2D eigenvalue weighted by atomic mass is 32.1. The third kappa shape index (κ3) is 3.62. The molecular weight excluding hydrogens is 464 g/mol. The molecule has 6 rings (SSSR count). The van der Waals surface area contributed by atoms with Crippen LogP contribution in [0.1, 0.15) is 24.5 Å². The molecule has 0 aliphatic heterocycles. The molecular formula is C24H18N8O2S. The fourth-order valence-electron chi connectivity index (χ4n) is 4.11. The van der Waals surface area contributed by atoms with Crippen LogP contribution in [0, 0.1) is 6.92 Å². The number of rotatable bonds is 5. The molecule has 5 heterocycles. The molecule has 11 heteroatoms. The molecule has 0 aliphatic rings. The van der Waals surface area contributed by atoms with Gasteiger partial charge in [-0.05, 0) is 30.9 Å². The van der Waals surface area contributed by atoms with Crippen molar-refractivity contribution in [2.24, 2.45) is 0 Å². The molecule has 172 valence electrons. The van der Waals surface area contributed by atoms with Crippen LogP contribution < -0.4 is 10.9 Å². The monoisotopic (exact) mass is 482 g/mol. The van der Waals surface area contributed by atoms with E-state index in [0.29, 0.717) is 34.1 Å². The Bertz CT molecular complexity index is 1730. The van der Waals surface area contributed by atoms with Crippen molar-refractivity contribution >= 4 is 38.3 Å². The minimum atomic E-state index is -0.324. The van der Waals surface area contributed by atoms with E-state index in [1.54, 1.807) is 28.5 Å². The molecule has 5 aromatic heterocycles. The van der Waals surface area contributed by atoms with Crippen molar-refractivity contribution < 1.29 is 4.52 Å². The lowest BCUT2D eigenvalue weighted by atomic mass is 9.99. The third-order valence-corrected chi connectivity index (χ3v) is 6.49. The number of fused-ring (bicyclic) bond motifs is 2. The summed E-state index contributed by atoms with van der Waals surface area (Å²) in [7, 11) is 0. The maximum Gasteiger partial charge on any atom is 0.265 e. The van der Waals surface area contributed by atoms with Crippen LogP contribution in [-0.4, -0.2) is 34.6 Å². The standard InChI is InChI=1S/C24H18N8O2S/c1-13(30-22-21-23(28-11-27-22)35-12-29-21)18-8-15-4-3-5-17(16-9-25-14(2)26-10-16)20(15)24(33)32(18)19-6-7-34-31-19/h3-13H,1-2H3,(H,27,28,30). The van der Waals surface area contributed by atoms with Crippen LogP contribution in [0.5, 0.6) is 0 Å². The molecule has 0 fully saturated rings. The number of hydrogen-bond acceptors (Lipinski definition) is 10. The molecule has 35 heavy (non-hydrogen) atoms. The van der Waals surface area contributed by atoms with Gasteiger partial charge in [0, 0.05) is 24.0 Å². The maximum absolute atomic E-state index is 14.0.